The van der Waals surface area contributed by atoms with E-state index < -0.39 is 0 Å². The number of rotatable bonds is 5. The van der Waals surface area contributed by atoms with Gasteiger partial charge in [-0.2, -0.15) is 0 Å². The molecule has 2 nitrogen and oxygen atoms in total. The van der Waals surface area contributed by atoms with Gasteiger partial charge >= 0.3 is 0 Å². The number of nitrogens with two attached hydrogens (primary N) is 1. The minimum atomic E-state index is 0.759. The molecule has 0 unspecified atom stereocenters. The Morgan fingerprint density at radius 2 is 2.20 bits per heavy atom. The number of hydrogen-bond acceptors (Lipinski definition) is 2. The molecule has 0 spiro atoms. The van der Waals surface area contributed by atoms with Crippen LogP contribution in [0.5, 0.6) is 0 Å². The second kappa shape index (κ2) is 5.17. The fraction of sp³-hybridized carbons (Fsp3) is 0.538. The summed E-state index contributed by atoms with van der Waals surface area (Å²) in [6.45, 7) is 1.74. The summed E-state index contributed by atoms with van der Waals surface area (Å²) in [5, 5.41) is 3.41. The summed E-state index contributed by atoms with van der Waals surface area (Å²) in [5.74, 6) is 0.821. The normalized spacial score (nSPS) is 16.1. The summed E-state index contributed by atoms with van der Waals surface area (Å²) in [7, 11) is 0. The first kappa shape index (κ1) is 10.5. The Labute approximate surface area is 91.9 Å². The van der Waals surface area contributed by atoms with E-state index in [-0.39, 0.29) is 0 Å². The molecule has 1 aliphatic carbocycles. The van der Waals surface area contributed by atoms with Crippen LogP contribution in [-0.2, 0) is 0 Å². The first-order valence-corrected chi connectivity index (χ1v) is 5.94. The van der Waals surface area contributed by atoms with Crippen LogP contribution in [0.2, 0.25) is 0 Å². The van der Waals surface area contributed by atoms with Gasteiger partial charge < -0.3 is 11.1 Å². The highest BCUT2D eigenvalue weighted by molar-refractivity contribution is 5.46. The largest absolute Gasteiger partial charge is 0.385 e. The molecule has 0 heterocycles. The highest BCUT2D eigenvalue weighted by atomic mass is 14.9. The Bertz CT molecular complexity index is 305. The number of hydrogen-bond donors (Lipinski definition) is 2. The zero-order chi connectivity index (χ0) is 10.5. The lowest BCUT2D eigenvalue weighted by Gasteiger charge is -2.26. The Morgan fingerprint density at radius 1 is 1.33 bits per heavy atom. The van der Waals surface area contributed by atoms with Crippen molar-refractivity contribution < 1.29 is 0 Å². The minimum Gasteiger partial charge on any atom is -0.385 e. The van der Waals surface area contributed by atoms with Crippen molar-refractivity contribution in [3.8, 4) is 0 Å². The zero-order valence-corrected chi connectivity index (χ0v) is 9.21. The molecule has 0 amide bonds. The average Bonchev–Trinajstić information content (AvgIpc) is 2.16. The molecule has 0 bridgehead atoms. The van der Waals surface area contributed by atoms with E-state index in [2.05, 4.69) is 29.6 Å². The molecule has 0 atom stereocenters. The fourth-order valence-corrected chi connectivity index (χ4v) is 1.98. The number of nitrogens with one attached hydrogen (secondary N) is 1. The van der Waals surface area contributed by atoms with E-state index in [0.717, 1.165) is 25.4 Å². The molecule has 2 rings (SSSR count). The Morgan fingerprint density at radius 3 is 2.87 bits per heavy atom. The SMILES string of the molecule is NCCCNc1cccc(C2CCC2)c1. The van der Waals surface area contributed by atoms with Crippen molar-refractivity contribution in [2.24, 2.45) is 5.73 Å². The van der Waals surface area contributed by atoms with Gasteiger partial charge in [0.2, 0.25) is 0 Å². The van der Waals surface area contributed by atoms with Crippen molar-refractivity contribution >= 4 is 5.69 Å². The van der Waals surface area contributed by atoms with Crippen molar-refractivity contribution in [3.63, 3.8) is 0 Å². The van der Waals surface area contributed by atoms with E-state index in [0.29, 0.717) is 0 Å². The van der Waals surface area contributed by atoms with Crippen molar-refractivity contribution in [1.82, 2.24) is 0 Å². The lowest BCUT2D eigenvalue weighted by Crippen LogP contribution is -2.10. The molecular weight excluding hydrogens is 184 g/mol. The quantitative estimate of drug-likeness (QED) is 0.724. The molecule has 82 valence electrons. The van der Waals surface area contributed by atoms with E-state index in [1.54, 1.807) is 0 Å². The maximum atomic E-state index is 5.46. The standard InChI is InChI=1S/C13H20N2/c14-8-3-9-15-13-7-2-6-12(10-13)11-4-1-5-11/h2,6-7,10-11,15H,1,3-5,8-9,14H2. The van der Waals surface area contributed by atoms with Gasteiger partial charge in [0.15, 0.2) is 0 Å². The molecule has 1 saturated carbocycles. The van der Waals surface area contributed by atoms with Crippen molar-refractivity contribution in [2.75, 3.05) is 18.4 Å². The molecule has 1 aromatic carbocycles. The summed E-state index contributed by atoms with van der Waals surface area (Å²) in [6, 6.07) is 8.83. The minimum absolute atomic E-state index is 0.759. The van der Waals surface area contributed by atoms with E-state index in [1.165, 1.54) is 30.5 Å². The predicted molar refractivity (Wildman–Crippen MR) is 65.2 cm³/mol. The van der Waals surface area contributed by atoms with Gasteiger partial charge in [0.1, 0.15) is 0 Å². The van der Waals surface area contributed by atoms with E-state index in [9.17, 15) is 0 Å². The van der Waals surface area contributed by atoms with Crippen LogP contribution in [0.3, 0.4) is 0 Å². The van der Waals surface area contributed by atoms with Gasteiger partial charge in [-0.1, -0.05) is 18.6 Å². The van der Waals surface area contributed by atoms with Gasteiger partial charge in [-0.3, -0.25) is 0 Å². The van der Waals surface area contributed by atoms with Crippen LogP contribution in [0.15, 0.2) is 24.3 Å². The van der Waals surface area contributed by atoms with Gasteiger partial charge in [0, 0.05) is 12.2 Å². The monoisotopic (exact) mass is 204 g/mol. The molecule has 1 fully saturated rings. The second-order valence-electron chi connectivity index (χ2n) is 4.32. The van der Waals surface area contributed by atoms with Crippen LogP contribution in [-0.4, -0.2) is 13.1 Å². The van der Waals surface area contributed by atoms with E-state index in [4.69, 9.17) is 5.73 Å². The molecule has 2 heteroatoms. The molecule has 0 aromatic heterocycles. The summed E-state index contributed by atoms with van der Waals surface area (Å²) in [4.78, 5) is 0. The Kier molecular flexibility index (Phi) is 3.62. The van der Waals surface area contributed by atoms with Crippen LogP contribution in [0.1, 0.15) is 37.2 Å². The van der Waals surface area contributed by atoms with Gasteiger partial charge in [0.25, 0.3) is 0 Å². The van der Waals surface area contributed by atoms with Gasteiger partial charge in [-0.15, -0.1) is 0 Å². The molecule has 0 aliphatic heterocycles. The van der Waals surface area contributed by atoms with Crippen LogP contribution in [0.25, 0.3) is 0 Å². The molecule has 15 heavy (non-hydrogen) atoms. The van der Waals surface area contributed by atoms with Gasteiger partial charge in [0.05, 0.1) is 0 Å². The van der Waals surface area contributed by atoms with Crippen LogP contribution in [0, 0.1) is 0 Å². The van der Waals surface area contributed by atoms with Crippen molar-refractivity contribution in [2.45, 2.75) is 31.6 Å². The number of benzene rings is 1. The fourth-order valence-electron chi connectivity index (χ4n) is 1.98. The maximum absolute atomic E-state index is 5.46. The van der Waals surface area contributed by atoms with Crippen molar-refractivity contribution in [1.29, 1.82) is 0 Å². The lowest BCUT2D eigenvalue weighted by molar-refractivity contribution is 0.420. The zero-order valence-electron chi connectivity index (χ0n) is 9.21. The van der Waals surface area contributed by atoms with Crippen molar-refractivity contribution in [3.05, 3.63) is 29.8 Å². The summed E-state index contributed by atoms with van der Waals surface area (Å²) in [5.41, 5.74) is 8.20. The topological polar surface area (TPSA) is 38.0 Å². The Hall–Kier alpha value is -1.02. The van der Waals surface area contributed by atoms with Crippen LogP contribution < -0.4 is 11.1 Å². The predicted octanol–water partition coefficient (Wildman–Crippen LogP) is 2.71. The Balaban J connectivity index is 1.92. The molecule has 1 aliphatic rings. The molecule has 0 radical (unpaired) electrons. The van der Waals surface area contributed by atoms with Gasteiger partial charge in [-0.25, -0.2) is 0 Å². The third kappa shape index (κ3) is 2.72. The second-order valence-corrected chi connectivity index (χ2v) is 4.32. The van der Waals surface area contributed by atoms with Crippen LogP contribution >= 0.6 is 0 Å². The number of anilines is 1. The third-order valence-electron chi connectivity index (χ3n) is 3.17. The average molecular weight is 204 g/mol. The van der Waals surface area contributed by atoms with E-state index >= 15 is 0 Å². The van der Waals surface area contributed by atoms with Crippen LogP contribution in [0.4, 0.5) is 5.69 Å². The first-order valence-electron chi connectivity index (χ1n) is 5.94. The highest BCUT2D eigenvalue weighted by Gasteiger charge is 2.19. The molecule has 3 N–H and O–H groups in total. The third-order valence-corrected chi connectivity index (χ3v) is 3.17. The molecular formula is C13H20N2. The van der Waals surface area contributed by atoms with E-state index in [1.807, 2.05) is 0 Å². The smallest absolute Gasteiger partial charge is 0.0343 e. The summed E-state index contributed by atoms with van der Waals surface area (Å²) < 4.78 is 0. The lowest BCUT2D eigenvalue weighted by atomic mass is 9.80. The van der Waals surface area contributed by atoms with Gasteiger partial charge in [-0.05, 0) is 49.4 Å². The summed E-state index contributed by atoms with van der Waals surface area (Å²) in [6.07, 6.45) is 5.17. The summed E-state index contributed by atoms with van der Waals surface area (Å²) >= 11 is 0. The molecule has 1 aromatic rings. The first-order chi connectivity index (χ1) is 7.40. The molecule has 0 saturated heterocycles. The highest BCUT2D eigenvalue weighted by Crippen LogP contribution is 2.36. The maximum Gasteiger partial charge on any atom is 0.0343 e.